The SMILES string of the molecule is CC1(CNC(=O)CCCOc2cccc(Cl)c2Cl)CCNCC1. The molecule has 0 aliphatic carbocycles. The van der Waals surface area contributed by atoms with Crippen LogP contribution in [-0.2, 0) is 4.79 Å². The lowest BCUT2D eigenvalue weighted by Crippen LogP contribution is -2.42. The summed E-state index contributed by atoms with van der Waals surface area (Å²) in [6.45, 7) is 5.47. The Balaban J connectivity index is 1.64. The van der Waals surface area contributed by atoms with Crippen LogP contribution in [0.3, 0.4) is 0 Å². The zero-order chi connectivity index (χ0) is 16.7. The molecule has 0 aromatic heterocycles. The average molecular weight is 359 g/mol. The van der Waals surface area contributed by atoms with Gasteiger partial charge < -0.3 is 15.4 Å². The topological polar surface area (TPSA) is 50.4 Å². The minimum atomic E-state index is 0.0746. The van der Waals surface area contributed by atoms with Crippen molar-refractivity contribution in [3.05, 3.63) is 28.2 Å². The predicted octanol–water partition coefficient (Wildman–Crippen LogP) is 3.66. The second kappa shape index (κ2) is 8.76. The summed E-state index contributed by atoms with van der Waals surface area (Å²) in [5, 5.41) is 7.27. The van der Waals surface area contributed by atoms with Crippen molar-refractivity contribution in [2.45, 2.75) is 32.6 Å². The first-order valence-corrected chi connectivity index (χ1v) is 8.80. The van der Waals surface area contributed by atoms with E-state index in [1.54, 1.807) is 18.2 Å². The van der Waals surface area contributed by atoms with E-state index in [4.69, 9.17) is 27.9 Å². The van der Waals surface area contributed by atoms with E-state index in [1.165, 1.54) is 0 Å². The molecule has 1 aromatic rings. The van der Waals surface area contributed by atoms with Crippen molar-refractivity contribution in [2.75, 3.05) is 26.2 Å². The molecule has 2 N–H and O–H groups in total. The molecule has 1 aliphatic heterocycles. The lowest BCUT2D eigenvalue weighted by molar-refractivity contribution is -0.121. The van der Waals surface area contributed by atoms with E-state index in [1.807, 2.05) is 0 Å². The monoisotopic (exact) mass is 358 g/mol. The molecule has 1 fully saturated rings. The highest BCUT2D eigenvalue weighted by molar-refractivity contribution is 6.42. The van der Waals surface area contributed by atoms with Crippen LogP contribution in [0.15, 0.2) is 18.2 Å². The van der Waals surface area contributed by atoms with Gasteiger partial charge in [0.15, 0.2) is 0 Å². The summed E-state index contributed by atoms with van der Waals surface area (Å²) in [6.07, 6.45) is 3.30. The number of carbonyl (C=O) groups is 1. The largest absolute Gasteiger partial charge is 0.492 e. The average Bonchev–Trinajstić information content (AvgIpc) is 2.54. The van der Waals surface area contributed by atoms with Crippen molar-refractivity contribution < 1.29 is 9.53 Å². The van der Waals surface area contributed by atoms with Crippen molar-refractivity contribution in [3.63, 3.8) is 0 Å². The molecule has 1 aliphatic rings. The molecular formula is C17H24Cl2N2O2. The molecule has 0 saturated carbocycles. The fourth-order valence-corrected chi connectivity index (χ4v) is 2.96. The first-order chi connectivity index (χ1) is 11.0. The molecule has 6 heteroatoms. The molecule has 1 amide bonds. The van der Waals surface area contributed by atoms with Gasteiger partial charge in [0, 0.05) is 13.0 Å². The highest BCUT2D eigenvalue weighted by atomic mass is 35.5. The fourth-order valence-electron chi connectivity index (χ4n) is 2.62. The Labute approximate surface area is 147 Å². The molecule has 0 bridgehead atoms. The number of hydrogen-bond acceptors (Lipinski definition) is 3. The van der Waals surface area contributed by atoms with Gasteiger partial charge in [-0.1, -0.05) is 36.2 Å². The second-order valence-electron chi connectivity index (χ2n) is 6.34. The van der Waals surface area contributed by atoms with Crippen molar-refractivity contribution in [2.24, 2.45) is 5.41 Å². The van der Waals surface area contributed by atoms with Crippen LogP contribution in [0.1, 0.15) is 32.6 Å². The van der Waals surface area contributed by atoms with E-state index in [0.29, 0.717) is 35.2 Å². The van der Waals surface area contributed by atoms with Crippen molar-refractivity contribution in [3.8, 4) is 5.75 Å². The van der Waals surface area contributed by atoms with E-state index in [9.17, 15) is 4.79 Å². The molecule has 1 saturated heterocycles. The van der Waals surface area contributed by atoms with Gasteiger partial charge >= 0.3 is 0 Å². The predicted molar refractivity (Wildman–Crippen MR) is 94.4 cm³/mol. The van der Waals surface area contributed by atoms with Gasteiger partial charge in [0.1, 0.15) is 10.8 Å². The number of benzene rings is 1. The Kier molecular flexibility index (Phi) is 7.00. The van der Waals surface area contributed by atoms with Crippen LogP contribution < -0.4 is 15.4 Å². The smallest absolute Gasteiger partial charge is 0.220 e. The van der Waals surface area contributed by atoms with E-state index >= 15 is 0 Å². The van der Waals surface area contributed by atoms with Gasteiger partial charge in [-0.05, 0) is 49.9 Å². The number of halogens is 2. The van der Waals surface area contributed by atoms with Crippen LogP contribution >= 0.6 is 23.2 Å². The molecule has 0 spiro atoms. The summed E-state index contributed by atoms with van der Waals surface area (Å²) in [5.74, 6) is 0.632. The Morgan fingerprint density at radius 3 is 2.83 bits per heavy atom. The lowest BCUT2D eigenvalue weighted by atomic mass is 9.81. The number of nitrogens with one attached hydrogen (secondary N) is 2. The summed E-state index contributed by atoms with van der Waals surface area (Å²) >= 11 is 12.0. The van der Waals surface area contributed by atoms with Gasteiger partial charge in [-0.3, -0.25) is 4.79 Å². The van der Waals surface area contributed by atoms with E-state index in [-0.39, 0.29) is 11.3 Å². The molecule has 2 rings (SSSR count). The summed E-state index contributed by atoms with van der Waals surface area (Å²) in [4.78, 5) is 11.9. The van der Waals surface area contributed by atoms with Gasteiger partial charge in [0.25, 0.3) is 0 Å². The molecular weight excluding hydrogens is 335 g/mol. The van der Waals surface area contributed by atoms with Crippen LogP contribution in [0.4, 0.5) is 0 Å². The van der Waals surface area contributed by atoms with Crippen molar-refractivity contribution >= 4 is 29.1 Å². The molecule has 0 unspecified atom stereocenters. The standard InChI is InChI=1S/C17H24Cl2N2O2/c1-17(7-9-20-10-8-17)12-21-15(22)6-3-11-23-14-5-2-4-13(18)16(14)19/h2,4-5,20H,3,6-12H2,1H3,(H,21,22). The maximum Gasteiger partial charge on any atom is 0.220 e. The highest BCUT2D eigenvalue weighted by Crippen LogP contribution is 2.31. The van der Waals surface area contributed by atoms with Gasteiger partial charge in [-0.15, -0.1) is 0 Å². The number of rotatable bonds is 7. The molecule has 4 nitrogen and oxygen atoms in total. The van der Waals surface area contributed by atoms with Crippen molar-refractivity contribution in [1.29, 1.82) is 0 Å². The summed E-state index contributed by atoms with van der Waals surface area (Å²) in [7, 11) is 0. The maximum absolute atomic E-state index is 11.9. The van der Waals surface area contributed by atoms with E-state index in [0.717, 1.165) is 32.5 Å². The Morgan fingerprint density at radius 1 is 1.35 bits per heavy atom. The molecule has 0 radical (unpaired) electrons. The van der Waals surface area contributed by atoms with Gasteiger partial charge in [-0.2, -0.15) is 0 Å². The third kappa shape index (κ3) is 5.87. The lowest BCUT2D eigenvalue weighted by Gasteiger charge is -2.34. The summed E-state index contributed by atoms with van der Waals surface area (Å²) in [5.41, 5.74) is 0.214. The minimum Gasteiger partial charge on any atom is -0.492 e. The van der Waals surface area contributed by atoms with Crippen molar-refractivity contribution in [1.82, 2.24) is 10.6 Å². The minimum absolute atomic E-state index is 0.0746. The Bertz CT molecular complexity index is 531. The molecule has 0 atom stereocenters. The quantitative estimate of drug-likeness (QED) is 0.731. The number of ether oxygens (including phenoxy) is 1. The van der Waals surface area contributed by atoms with Crippen LogP contribution in [-0.4, -0.2) is 32.1 Å². The zero-order valence-electron chi connectivity index (χ0n) is 13.5. The molecule has 1 heterocycles. The zero-order valence-corrected chi connectivity index (χ0v) is 15.0. The van der Waals surface area contributed by atoms with Crippen LogP contribution in [0.2, 0.25) is 10.0 Å². The first-order valence-electron chi connectivity index (χ1n) is 8.04. The third-order valence-corrected chi connectivity index (χ3v) is 5.05. The Morgan fingerprint density at radius 2 is 2.09 bits per heavy atom. The summed E-state index contributed by atoms with van der Waals surface area (Å²) < 4.78 is 5.58. The molecule has 128 valence electrons. The normalized spacial score (nSPS) is 16.8. The Hall–Kier alpha value is -0.970. The van der Waals surface area contributed by atoms with E-state index in [2.05, 4.69) is 17.6 Å². The highest BCUT2D eigenvalue weighted by Gasteiger charge is 2.26. The fraction of sp³-hybridized carbons (Fsp3) is 0.588. The first kappa shape index (κ1) is 18.4. The maximum atomic E-state index is 11.9. The third-order valence-electron chi connectivity index (χ3n) is 4.24. The number of hydrogen-bond donors (Lipinski definition) is 2. The molecule has 1 aromatic carbocycles. The number of amides is 1. The van der Waals surface area contributed by atoms with Crippen LogP contribution in [0.5, 0.6) is 5.75 Å². The van der Waals surface area contributed by atoms with Crippen LogP contribution in [0.25, 0.3) is 0 Å². The van der Waals surface area contributed by atoms with Gasteiger partial charge in [0.2, 0.25) is 5.91 Å². The molecule has 23 heavy (non-hydrogen) atoms. The number of piperidine rings is 1. The van der Waals surface area contributed by atoms with Gasteiger partial charge in [-0.25, -0.2) is 0 Å². The number of carbonyl (C=O) groups excluding carboxylic acids is 1. The second-order valence-corrected chi connectivity index (χ2v) is 7.13. The van der Waals surface area contributed by atoms with E-state index < -0.39 is 0 Å². The van der Waals surface area contributed by atoms with Crippen LogP contribution in [0, 0.1) is 5.41 Å². The van der Waals surface area contributed by atoms with Gasteiger partial charge in [0.05, 0.1) is 11.6 Å². The summed E-state index contributed by atoms with van der Waals surface area (Å²) in [6, 6.07) is 5.27.